The van der Waals surface area contributed by atoms with E-state index in [9.17, 15) is 22.8 Å². The van der Waals surface area contributed by atoms with E-state index >= 15 is 0 Å². The van der Waals surface area contributed by atoms with Crippen molar-refractivity contribution in [1.82, 2.24) is 14.8 Å². The molecule has 1 saturated heterocycles. The average Bonchev–Trinajstić information content (AvgIpc) is 3.37. The van der Waals surface area contributed by atoms with Crippen LogP contribution >= 0.6 is 0 Å². The van der Waals surface area contributed by atoms with Crippen LogP contribution in [0.25, 0.3) is 11.0 Å². The fraction of sp³-hybridized carbons (Fsp3) is 0.333. The molecule has 2 N–H and O–H groups in total. The molecule has 168 valence electrons. The van der Waals surface area contributed by atoms with Crippen molar-refractivity contribution in [2.75, 3.05) is 17.2 Å². The first kappa shape index (κ1) is 21.8. The van der Waals surface area contributed by atoms with Crippen LogP contribution in [-0.4, -0.2) is 39.3 Å². The molecule has 1 aromatic carbocycles. The molecule has 1 atom stereocenters. The predicted molar refractivity (Wildman–Crippen MR) is 110 cm³/mol. The first-order valence-electron chi connectivity index (χ1n) is 9.88. The molecule has 4 rings (SSSR count). The highest BCUT2D eigenvalue weighted by atomic mass is 19.4. The summed E-state index contributed by atoms with van der Waals surface area (Å²) < 4.78 is 47.8. The van der Waals surface area contributed by atoms with E-state index in [0.29, 0.717) is 29.8 Å². The van der Waals surface area contributed by atoms with Crippen LogP contribution in [-0.2, 0) is 22.8 Å². The van der Waals surface area contributed by atoms with E-state index in [1.165, 1.54) is 18.3 Å². The van der Waals surface area contributed by atoms with Gasteiger partial charge in [-0.2, -0.15) is 18.3 Å². The second kappa shape index (κ2) is 8.23. The standard InChI is InChI=1S/C21H20F3N5O3/c1-11-14-8-12(10-25-18(14)29(2)28-11)19(30)27-16-6-5-13(9-15(16)21(22,23)24)26-20(31)17-4-3-7-32-17/h5-6,8-10,17H,3-4,7H2,1-2H3,(H,26,31)(H,27,30). The van der Waals surface area contributed by atoms with E-state index in [1.54, 1.807) is 18.7 Å². The highest BCUT2D eigenvalue weighted by Gasteiger charge is 2.35. The lowest BCUT2D eigenvalue weighted by Gasteiger charge is -2.17. The summed E-state index contributed by atoms with van der Waals surface area (Å²) in [7, 11) is 1.71. The van der Waals surface area contributed by atoms with E-state index in [1.807, 2.05) is 0 Å². The summed E-state index contributed by atoms with van der Waals surface area (Å²) in [4.78, 5) is 29.0. The van der Waals surface area contributed by atoms with Crippen LogP contribution in [0.3, 0.4) is 0 Å². The Balaban J connectivity index is 1.59. The molecule has 0 radical (unpaired) electrons. The molecule has 1 fully saturated rings. The molecule has 8 nitrogen and oxygen atoms in total. The summed E-state index contributed by atoms with van der Waals surface area (Å²) >= 11 is 0. The van der Waals surface area contributed by atoms with Crippen molar-refractivity contribution in [3.63, 3.8) is 0 Å². The second-order valence-corrected chi connectivity index (χ2v) is 7.51. The number of ether oxygens (including phenoxy) is 1. The monoisotopic (exact) mass is 447 g/mol. The summed E-state index contributed by atoms with van der Waals surface area (Å²) in [5.41, 5.74) is -0.251. The Labute approximate surface area is 180 Å². The maximum atomic E-state index is 13.7. The largest absolute Gasteiger partial charge is 0.418 e. The van der Waals surface area contributed by atoms with Crippen molar-refractivity contribution in [2.45, 2.75) is 32.0 Å². The zero-order valence-corrected chi connectivity index (χ0v) is 17.3. The number of halogens is 3. The maximum absolute atomic E-state index is 13.7. The van der Waals surface area contributed by atoms with E-state index in [-0.39, 0.29) is 11.3 Å². The number of fused-ring (bicyclic) bond motifs is 1. The van der Waals surface area contributed by atoms with Crippen molar-refractivity contribution in [1.29, 1.82) is 0 Å². The smallest absolute Gasteiger partial charge is 0.368 e. The van der Waals surface area contributed by atoms with Gasteiger partial charge in [0.05, 0.1) is 22.5 Å². The number of carbonyl (C=O) groups excluding carboxylic acids is 2. The molecular formula is C21H20F3N5O3. The van der Waals surface area contributed by atoms with Crippen LogP contribution in [0, 0.1) is 6.92 Å². The van der Waals surface area contributed by atoms with Gasteiger partial charge in [-0.1, -0.05) is 0 Å². The van der Waals surface area contributed by atoms with Gasteiger partial charge >= 0.3 is 6.18 Å². The van der Waals surface area contributed by atoms with Gasteiger partial charge in [0.15, 0.2) is 5.65 Å². The first-order valence-corrected chi connectivity index (χ1v) is 9.88. The Morgan fingerprint density at radius 3 is 2.69 bits per heavy atom. The van der Waals surface area contributed by atoms with E-state index < -0.39 is 35.3 Å². The van der Waals surface area contributed by atoms with Gasteiger partial charge in [0.1, 0.15) is 6.10 Å². The van der Waals surface area contributed by atoms with Gasteiger partial charge in [-0.25, -0.2) is 4.98 Å². The summed E-state index contributed by atoms with van der Waals surface area (Å²) in [6.07, 6.45) is -2.92. The van der Waals surface area contributed by atoms with Gasteiger partial charge in [-0.3, -0.25) is 14.3 Å². The molecule has 2 amide bonds. The number of aryl methyl sites for hydroxylation is 2. The number of aromatic nitrogens is 3. The zero-order chi connectivity index (χ0) is 23.0. The quantitative estimate of drug-likeness (QED) is 0.636. The molecule has 1 aliphatic rings. The number of hydrogen-bond acceptors (Lipinski definition) is 5. The average molecular weight is 447 g/mol. The SMILES string of the molecule is Cc1nn(C)c2ncc(C(=O)Nc3ccc(NC(=O)C4CCCO4)cc3C(F)(F)F)cc12. The number of benzene rings is 1. The van der Waals surface area contributed by atoms with Gasteiger partial charge < -0.3 is 15.4 Å². The van der Waals surface area contributed by atoms with Crippen LogP contribution in [0.2, 0.25) is 0 Å². The normalized spacial score (nSPS) is 16.3. The van der Waals surface area contributed by atoms with E-state index in [0.717, 1.165) is 18.6 Å². The van der Waals surface area contributed by atoms with Crippen molar-refractivity contribution in [2.24, 2.45) is 7.05 Å². The fourth-order valence-corrected chi connectivity index (χ4v) is 3.60. The lowest BCUT2D eigenvalue weighted by Crippen LogP contribution is -2.27. The molecule has 0 spiro atoms. The third-order valence-electron chi connectivity index (χ3n) is 5.19. The minimum atomic E-state index is -4.75. The number of pyridine rings is 1. The molecule has 2 aromatic heterocycles. The molecule has 11 heteroatoms. The molecule has 0 saturated carbocycles. The van der Waals surface area contributed by atoms with Gasteiger partial charge in [0.2, 0.25) is 0 Å². The summed E-state index contributed by atoms with van der Waals surface area (Å²) in [5, 5.41) is 9.58. The van der Waals surface area contributed by atoms with Crippen molar-refractivity contribution in [3.8, 4) is 0 Å². The molecule has 3 aromatic rings. The summed E-state index contributed by atoms with van der Waals surface area (Å²) in [5.74, 6) is -1.25. The second-order valence-electron chi connectivity index (χ2n) is 7.51. The Hall–Kier alpha value is -3.47. The summed E-state index contributed by atoms with van der Waals surface area (Å²) in [6, 6.07) is 4.72. The van der Waals surface area contributed by atoms with Gasteiger partial charge in [0, 0.05) is 30.9 Å². The molecule has 0 bridgehead atoms. The predicted octanol–water partition coefficient (Wildman–Crippen LogP) is 3.67. The number of carbonyl (C=O) groups is 2. The third kappa shape index (κ3) is 4.28. The zero-order valence-electron chi connectivity index (χ0n) is 17.3. The molecule has 32 heavy (non-hydrogen) atoms. The van der Waals surface area contributed by atoms with Gasteiger partial charge in [-0.05, 0) is 44.0 Å². The number of anilines is 2. The number of nitrogens with one attached hydrogen (secondary N) is 2. The van der Waals surface area contributed by atoms with Crippen molar-refractivity contribution in [3.05, 3.63) is 47.3 Å². The minimum Gasteiger partial charge on any atom is -0.368 e. The topological polar surface area (TPSA) is 98.1 Å². The Bertz CT molecular complexity index is 1200. The number of amides is 2. The Morgan fingerprint density at radius 2 is 2.00 bits per heavy atom. The Morgan fingerprint density at radius 1 is 1.22 bits per heavy atom. The van der Waals surface area contributed by atoms with E-state index in [2.05, 4.69) is 20.7 Å². The summed E-state index contributed by atoms with van der Waals surface area (Å²) in [6.45, 7) is 2.19. The van der Waals surface area contributed by atoms with Crippen molar-refractivity contribution >= 4 is 34.2 Å². The number of nitrogens with zero attached hydrogens (tertiary/aromatic N) is 3. The van der Waals surface area contributed by atoms with Gasteiger partial charge in [-0.15, -0.1) is 0 Å². The van der Waals surface area contributed by atoms with Crippen LogP contribution in [0.15, 0.2) is 30.5 Å². The van der Waals surface area contributed by atoms with Crippen LogP contribution < -0.4 is 10.6 Å². The molecule has 0 aliphatic carbocycles. The van der Waals surface area contributed by atoms with Crippen molar-refractivity contribution < 1.29 is 27.5 Å². The lowest BCUT2D eigenvalue weighted by molar-refractivity contribution is -0.137. The van der Waals surface area contributed by atoms with E-state index in [4.69, 9.17) is 4.74 Å². The highest BCUT2D eigenvalue weighted by molar-refractivity contribution is 6.06. The Kier molecular flexibility index (Phi) is 5.59. The van der Waals surface area contributed by atoms with Crippen LogP contribution in [0.1, 0.15) is 34.5 Å². The molecule has 1 unspecified atom stereocenters. The highest BCUT2D eigenvalue weighted by Crippen LogP contribution is 2.37. The molecule has 1 aliphatic heterocycles. The number of rotatable bonds is 4. The minimum absolute atomic E-state index is 0.0371. The first-order chi connectivity index (χ1) is 15.1. The maximum Gasteiger partial charge on any atom is 0.418 e. The van der Waals surface area contributed by atoms with Crippen LogP contribution in [0.4, 0.5) is 24.5 Å². The number of hydrogen-bond donors (Lipinski definition) is 2. The third-order valence-corrected chi connectivity index (χ3v) is 5.19. The number of alkyl halides is 3. The fourth-order valence-electron chi connectivity index (χ4n) is 3.60. The van der Waals surface area contributed by atoms with Gasteiger partial charge in [0.25, 0.3) is 11.8 Å². The molecule has 3 heterocycles. The lowest BCUT2D eigenvalue weighted by atomic mass is 10.1. The molecular weight excluding hydrogens is 427 g/mol. The van der Waals surface area contributed by atoms with Crippen LogP contribution in [0.5, 0.6) is 0 Å².